The summed E-state index contributed by atoms with van der Waals surface area (Å²) in [6.45, 7) is 0.0267. The molecule has 0 fully saturated rings. The van der Waals surface area contributed by atoms with Gasteiger partial charge < -0.3 is 5.11 Å². The number of fused-ring (bicyclic) bond motifs is 1. The Morgan fingerprint density at radius 3 is 2.23 bits per heavy atom. The van der Waals surface area contributed by atoms with E-state index in [0.717, 1.165) is 4.90 Å². The number of sulfone groups is 1. The van der Waals surface area contributed by atoms with Crippen molar-refractivity contribution in [3.05, 3.63) is 89.2 Å². The van der Waals surface area contributed by atoms with Gasteiger partial charge in [-0.3, -0.25) is 19.5 Å². The Labute approximate surface area is 171 Å². The Morgan fingerprint density at radius 2 is 1.60 bits per heavy atom. The van der Waals surface area contributed by atoms with Crippen molar-refractivity contribution in [2.45, 2.75) is 16.3 Å². The zero-order valence-electron chi connectivity index (χ0n) is 15.3. The summed E-state index contributed by atoms with van der Waals surface area (Å²) in [5, 5.41) is 8.96. The predicted octanol–water partition coefficient (Wildman–Crippen LogP) is 2.41. The molecule has 150 valence electrons. The van der Waals surface area contributed by atoms with Crippen molar-refractivity contribution in [3.8, 4) is 0 Å². The van der Waals surface area contributed by atoms with Crippen LogP contribution < -0.4 is 0 Å². The fraction of sp³-hybridized carbons (Fsp3) is 0.0476. The van der Waals surface area contributed by atoms with E-state index < -0.39 is 27.6 Å². The van der Waals surface area contributed by atoms with Crippen molar-refractivity contribution in [2.75, 3.05) is 0 Å². The highest BCUT2D eigenvalue weighted by atomic mass is 32.2. The maximum absolute atomic E-state index is 12.9. The number of carbonyl (C=O) groups is 3. The summed E-state index contributed by atoms with van der Waals surface area (Å²) >= 11 is 0. The fourth-order valence-electron chi connectivity index (χ4n) is 3.17. The molecule has 0 aliphatic carbocycles. The molecule has 0 saturated carbocycles. The average molecular weight is 422 g/mol. The molecule has 0 unspecified atom stereocenters. The molecule has 0 bridgehead atoms. The monoisotopic (exact) mass is 422 g/mol. The van der Waals surface area contributed by atoms with Gasteiger partial charge in [-0.1, -0.05) is 6.07 Å². The summed E-state index contributed by atoms with van der Waals surface area (Å²) in [6.07, 6.45) is 3.12. The number of carbonyl (C=O) groups excluding carboxylic acids is 2. The van der Waals surface area contributed by atoms with E-state index in [0.29, 0.717) is 5.56 Å². The molecule has 9 heteroatoms. The molecular formula is C21H14N2O6S. The average Bonchev–Trinajstić information content (AvgIpc) is 2.99. The lowest BCUT2D eigenvalue weighted by Gasteiger charge is -2.13. The van der Waals surface area contributed by atoms with Crippen LogP contribution in [-0.4, -0.2) is 41.2 Å². The van der Waals surface area contributed by atoms with E-state index in [9.17, 15) is 22.8 Å². The number of amides is 2. The first-order chi connectivity index (χ1) is 14.3. The summed E-state index contributed by atoms with van der Waals surface area (Å²) in [6, 6.07) is 11.9. The number of imide groups is 1. The molecule has 0 radical (unpaired) electrons. The van der Waals surface area contributed by atoms with Crippen LogP contribution in [0.4, 0.5) is 0 Å². The van der Waals surface area contributed by atoms with Gasteiger partial charge in [0.2, 0.25) is 9.84 Å². The number of rotatable bonds is 5. The zero-order chi connectivity index (χ0) is 21.5. The summed E-state index contributed by atoms with van der Waals surface area (Å²) in [7, 11) is -4.01. The predicted molar refractivity (Wildman–Crippen MR) is 104 cm³/mol. The second-order valence-electron chi connectivity index (χ2n) is 6.60. The Balaban J connectivity index is 1.68. The van der Waals surface area contributed by atoms with Gasteiger partial charge in [-0.15, -0.1) is 0 Å². The molecule has 8 nitrogen and oxygen atoms in total. The van der Waals surface area contributed by atoms with E-state index in [1.165, 1.54) is 42.5 Å². The molecule has 2 aromatic carbocycles. The maximum atomic E-state index is 12.9. The minimum Gasteiger partial charge on any atom is -0.478 e. The third-order valence-corrected chi connectivity index (χ3v) is 6.49. The molecule has 30 heavy (non-hydrogen) atoms. The van der Waals surface area contributed by atoms with E-state index in [-0.39, 0.29) is 33.0 Å². The molecule has 1 aliphatic heterocycles. The molecule has 0 saturated heterocycles. The zero-order valence-corrected chi connectivity index (χ0v) is 16.2. The number of hydrogen-bond acceptors (Lipinski definition) is 6. The van der Waals surface area contributed by atoms with E-state index in [1.54, 1.807) is 24.5 Å². The summed E-state index contributed by atoms with van der Waals surface area (Å²) < 4.78 is 25.8. The van der Waals surface area contributed by atoms with Gasteiger partial charge in [0.1, 0.15) is 0 Å². The maximum Gasteiger partial charge on any atom is 0.335 e. The topological polar surface area (TPSA) is 122 Å². The number of carboxylic acid groups (broad SMARTS) is 1. The van der Waals surface area contributed by atoms with Gasteiger partial charge >= 0.3 is 5.97 Å². The van der Waals surface area contributed by atoms with E-state index in [4.69, 9.17) is 5.11 Å². The number of nitrogens with zero attached hydrogens (tertiary/aromatic N) is 2. The summed E-state index contributed by atoms with van der Waals surface area (Å²) in [5.41, 5.74) is 0.754. The van der Waals surface area contributed by atoms with E-state index >= 15 is 0 Å². The second kappa shape index (κ2) is 7.20. The number of benzene rings is 2. The van der Waals surface area contributed by atoms with Crippen LogP contribution in [0, 0.1) is 0 Å². The first-order valence-electron chi connectivity index (χ1n) is 8.76. The summed E-state index contributed by atoms with van der Waals surface area (Å²) in [4.78, 5) is 41.1. The highest BCUT2D eigenvalue weighted by Gasteiger charge is 2.36. The Kier molecular flexibility index (Phi) is 4.67. The molecule has 1 aromatic heterocycles. The lowest BCUT2D eigenvalue weighted by Crippen LogP contribution is -2.29. The normalized spacial score (nSPS) is 13.4. The number of hydrogen-bond donors (Lipinski definition) is 1. The Morgan fingerprint density at radius 1 is 0.933 bits per heavy atom. The smallest absolute Gasteiger partial charge is 0.335 e. The third kappa shape index (κ3) is 3.25. The summed E-state index contributed by atoms with van der Waals surface area (Å²) in [5.74, 6) is -2.26. The third-order valence-electron chi connectivity index (χ3n) is 4.73. The van der Waals surface area contributed by atoms with Crippen molar-refractivity contribution in [1.29, 1.82) is 0 Å². The molecule has 4 rings (SSSR count). The highest BCUT2D eigenvalue weighted by molar-refractivity contribution is 7.91. The van der Waals surface area contributed by atoms with Crippen molar-refractivity contribution >= 4 is 27.6 Å². The van der Waals surface area contributed by atoms with Crippen molar-refractivity contribution in [2.24, 2.45) is 0 Å². The largest absolute Gasteiger partial charge is 0.478 e. The van der Waals surface area contributed by atoms with Crippen LogP contribution in [0.25, 0.3) is 0 Å². The molecule has 1 N–H and O–H groups in total. The molecule has 2 heterocycles. The second-order valence-corrected chi connectivity index (χ2v) is 8.55. The SMILES string of the molecule is O=C(O)c1ccc(S(=O)(=O)c2ccc3c(c2)C(=O)N(Cc2cccnc2)C3=O)cc1. The molecule has 2 amide bonds. The highest BCUT2D eigenvalue weighted by Crippen LogP contribution is 2.29. The van der Waals surface area contributed by atoms with Crippen LogP contribution in [0.1, 0.15) is 36.6 Å². The van der Waals surface area contributed by atoms with Crippen LogP contribution >= 0.6 is 0 Å². The van der Waals surface area contributed by atoms with Crippen molar-refractivity contribution in [3.63, 3.8) is 0 Å². The number of pyridine rings is 1. The number of carboxylic acids is 1. The first kappa shape index (κ1) is 19.5. The number of aromatic carboxylic acids is 1. The quantitative estimate of drug-likeness (QED) is 0.627. The van der Waals surface area contributed by atoms with Gasteiger partial charge in [0.25, 0.3) is 11.8 Å². The van der Waals surface area contributed by atoms with E-state index in [1.807, 2.05) is 0 Å². The molecule has 0 spiro atoms. The Hall–Kier alpha value is -3.85. The van der Waals surface area contributed by atoms with Gasteiger partial charge in [0.15, 0.2) is 0 Å². The minimum absolute atomic E-state index is 0.00659. The lowest BCUT2D eigenvalue weighted by molar-refractivity contribution is 0.0639. The fourth-order valence-corrected chi connectivity index (χ4v) is 4.45. The minimum atomic E-state index is -4.01. The van der Waals surface area contributed by atoms with Crippen molar-refractivity contribution < 1.29 is 27.9 Å². The molecule has 0 atom stereocenters. The van der Waals surface area contributed by atoms with Crippen LogP contribution in [0.2, 0.25) is 0 Å². The van der Waals surface area contributed by atoms with Crippen molar-refractivity contribution in [1.82, 2.24) is 9.88 Å². The lowest BCUT2D eigenvalue weighted by atomic mass is 10.1. The van der Waals surface area contributed by atoms with E-state index in [2.05, 4.69) is 4.98 Å². The molecular weight excluding hydrogens is 408 g/mol. The standard InChI is InChI=1S/C21H14N2O6S/c24-19-17-8-7-16(30(28,29)15-5-3-14(4-6-15)21(26)27)10-18(17)20(25)23(19)12-13-2-1-9-22-11-13/h1-11H,12H2,(H,26,27). The van der Waals surface area contributed by atoms with Gasteiger partial charge in [-0.2, -0.15) is 0 Å². The van der Waals surface area contributed by atoms with Crippen LogP contribution in [0.5, 0.6) is 0 Å². The van der Waals surface area contributed by atoms with Crippen LogP contribution in [-0.2, 0) is 16.4 Å². The van der Waals surface area contributed by atoms with Gasteiger partial charge in [0, 0.05) is 12.4 Å². The molecule has 3 aromatic rings. The first-order valence-corrected chi connectivity index (χ1v) is 10.2. The molecule has 1 aliphatic rings. The van der Waals surface area contributed by atoms with Gasteiger partial charge in [-0.05, 0) is 54.1 Å². The van der Waals surface area contributed by atoms with Gasteiger partial charge in [0.05, 0.1) is 33.0 Å². The van der Waals surface area contributed by atoms with Crippen LogP contribution in [0.3, 0.4) is 0 Å². The Bertz CT molecular complexity index is 1280. The van der Waals surface area contributed by atoms with Crippen LogP contribution in [0.15, 0.2) is 76.8 Å². The van der Waals surface area contributed by atoms with Gasteiger partial charge in [-0.25, -0.2) is 13.2 Å². The number of aromatic nitrogens is 1.